The molecule has 0 aliphatic carbocycles. The molecule has 0 saturated heterocycles. The zero-order valence-corrected chi connectivity index (χ0v) is 9.42. The fraction of sp³-hybridized carbons (Fsp3) is 0.667. The van der Waals surface area contributed by atoms with E-state index in [0.29, 0.717) is 13.0 Å². The topological polar surface area (TPSA) is 86.5 Å². The van der Waals surface area contributed by atoms with Gasteiger partial charge in [-0.2, -0.15) is 0 Å². The van der Waals surface area contributed by atoms with Gasteiger partial charge in [-0.05, 0) is 12.5 Å². The molecule has 0 saturated carbocycles. The van der Waals surface area contributed by atoms with Crippen molar-refractivity contribution in [2.24, 2.45) is 5.73 Å². The third kappa shape index (κ3) is 4.01. The first-order valence-electron chi connectivity index (χ1n) is 4.70. The van der Waals surface area contributed by atoms with Gasteiger partial charge in [-0.15, -0.1) is 0 Å². The highest BCUT2D eigenvalue weighted by atomic mass is 32.2. The molecule has 0 amide bonds. The van der Waals surface area contributed by atoms with Crippen molar-refractivity contribution in [2.45, 2.75) is 18.9 Å². The Bertz CT molecular complexity index is 372. The molecule has 2 N–H and O–H groups in total. The van der Waals surface area contributed by atoms with E-state index < -0.39 is 15.9 Å². The molecule has 1 aliphatic heterocycles. The van der Waals surface area contributed by atoms with Crippen LogP contribution in [0, 0.1) is 0 Å². The third-order valence-electron chi connectivity index (χ3n) is 2.08. The molecule has 0 aromatic rings. The monoisotopic (exact) mass is 233 g/mol. The molecule has 6 heteroatoms. The van der Waals surface area contributed by atoms with Gasteiger partial charge >= 0.3 is 0 Å². The molecule has 0 fully saturated rings. The fourth-order valence-corrected chi connectivity index (χ4v) is 1.93. The normalized spacial score (nSPS) is 18.1. The second-order valence-corrected chi connectivity index (χ2v) is 5.85. The average molecular weight is 233 g/mol. The maximum atomic E-state index is 11.5. The molecule has 1 unspecified atom stereocenters. The van der Waals surface area contributed by atoms with Gasteiger partial charge in [-0.1, -0.05) is 0 Å². The SMILES string of the molecule is CS(=O)(=O)CCC(N)C(=O)C1=CCCO1. The van der Waals surface area contributed by atoms with Crippen LogP contribution in [0.1, 0.15) is 12.8 Å². The minimum Gasteiger partial charge on any atom is -0.490 e. The van der Waals surface area contributed by atoms with Crippen LogP contribution in [0.25, 0.3) is 0 Å². The molecule has 15 heavy (non-hydrogen) atoms. The van der Waals surface area contributed by atoms with Gasteiger partial charge in [-0.25, -0.2) is 8.42 Å². The molecule has 5 nitrogen and oxygen atoms in total. The van der Waals surface area contributed by atoms with E-state index in [1.807, 2.05) is 0 Å². The third-order valence-corrected chi connectivity index (χ3v) is 3.06. The summed E-state index contributed by atoms with van der Waals surface area (Å²) in [5.41, 5.74) is 5.57. The van der Waals surface area contributed by atoms with Crippen molar-refractivity contribution in [3.8, 4) is 0 Å². The molecule has 1 aliphatic rings. The number of hydrogen-bond donors (Lipinski definition) is 1. The van der Waals surface area contributed by atoms with Crippen LogP contribution in [0.5, 0.6) is 0 Å². The van der Waals surface area contributed by atoms with Crippen molar-refractivity contribution in [1.82, 2.24) is 0 Å². The minimum atomic E-state index is -3.07. The van der Waals surface area contributed by atoms with Gasteiger partial charge in [0.15, 0.2) is 5.76 Å². The van der Waals surface area contributed by atoms with Crippen molar-refractivity contribution in [3.63, 3.8) is 0 Å². The summed E-state index contributed by atoms with van der Waals surface area (Å²) in [6.07, 6.45) is 3.65. The molecule has 0 radical (unpaired) electrons. The molecule has 0 bridgehead atoms. The average Bonchev–Trinajstić information content (AvgIpc) is 2.64. The number of sulfone groups is 1. The number of Topliss-reactive ketones (excluding diaryl/α,β-unsaturated/α-hetero) is 1. The Morgan fingerprint density at radius 1 is 1.67 bits per heavy atom. The molecule has 0 aromatic carbocycles. The summed E-state index contributed by atoms with van der Waals surface area (Å²) in [7, 11) is -3.07. The molecular formula is C9H15NO4S. The summed E-state index contributed by atoms with van der Waals surface area (Å²) in [5.74, 6) is -0.111. The van der Waals surface area contributed by atoms with E-state index in [1.54, 1.807) is 6.08 Å². The molecule has 1 atom stereocenters. The lowest BCUT2D eigenvalue weighted by Gasteiger charge is -2.10. The van der Waals surface area contributed by atoms with Crippen molar-refractivity contribution in [1.29, 1.82) is 0 Å². The van der Waals surface area contributed by atoms with Crippen LogP contribution in [-0.4, -0.2) is 38.9 Å². The van der Waals surface area contributed by atoms with Gasteiger partial charge in [0.05, 0.1) is 18.4 Å². The van der Waals surface area contributed by atoms with Gasteiger partial charge in [-0.3, -0.25) is 4.79 Å². The van der Waals surface area contributed by atoms with E-state index in [9.17, 15) is 13.2 Å². The Hall–Kier alpha value is -0.880. The Labute approximate surface area is 89.2 Å². The highest BCUT2D eigenvalue weighted by molar-refractivity contribution is 7.90. The Morgan fingerprint density at radius 3 is 2.80 bits per heavy atom. The minimum absolute atomic E-state index is 0.0762. The van der Waals surface area contributed by atoms with Crippen LogP contribution in [0.4, 0.5) is 0 Å². The smallest absolute Gasteiger partial charge is 0.213 e. The Kier molecular flexibility index (Phi) is 3.87. The number of carbonyl (C=O) groups is 1. The van der Waals surface area contributed by atoms with E-state index in [1.165, 1.54) is 0 Å². The number of hydrogen-bond acceptors (Lipinski definition) is 5. The summed E-state index contributed by atoms with van der Waals surface area (Å²) < 4.78 is 26.8. The van der Waals surface area contributed by atoms with E-state index >= 15 is 0 Å². The van der Waals surface area contributed by atoms with Gasteiger partial charge in [0, 0.05) is 12.7 Å². The van der Waals surface area contributed by atoms with Crippen LogP contribution in [0.15, 0.2) is 11.8 Å². The fourth-order valence-electron chi connectivity index (χ4n) is 1.24. The maximum Gasteiger partial charge on any atom is 0.213 e. The van der Waals surface area contributed by atoms with Crippen molar-refractivity contribution < 1.29 is 17.9 Å². The van der Waals surface area contributed by atoms with Crippen LogP contribution in [0.3, 0.4) is 0 Å². The van der Waals surface area contributed by atoms with Crippen LogP contribution < -0.4 is 5.73 Å². The summed E-state index contributed by atoms with van der Waals surface area (Å²) >= 11 is 0. The lowest BCUT2D eigenvalue weighted by Crippen LogP contribution is -2.33. The largest absolute Gasteiger partial charge is 0.490 e. The van der Waals surface area contributed by atoms with Crippen molar-refractivity contribution in [3.05, 3.63) is 11.8 Å². The first kappa shape index (κ1) is 12.2. The van der Waals surface area contributed by atoms with Gasteiger partial charge in [0.1, 0.15) is 9.84 Å². The Balaban J connectivity index is 2.46. The van der Waals surface area contributed by atoms with E-state index in [-0.39, 0.29) is 23.7 Å². The van der Waals surface area contributed by atoms with Crippen molar-refractivity contribution in [2.75, 3.05) is 18.6 Å². The number of rotatable bonds is 5. The summed E-state index contributed by atoms with van der Waals surface area (Å²) in [6, 6.07) is -0.788. The van der Waals surface area contributed by atoms with Crippen LogP contribution in [-0.2, 0) is 19.4 Å². The lowest BCUT2D eigenvalue weighted by atomic mass is 10.1. The zero-order chi connectivity index (χ0) is 11.5. The van der Waals surface area contributed by atoms with E-state index in [0.717, 1.165) is 6.26 Å². The second-order valence-electron chi connectivity index (χ2n) is 3.59. The highest BCUT2D eigenvalue weighted by Gasteiger charge is 2.22. The van der Waals surface area contributed by atoms with E-state index in [2.05, 4.69) is 0 Å². The predicted octanol–water partition coefficient (Wildman–Crippen LogP) is -0.378. The maximum absolute atomic E-state index is 11.5. The van der Waals surface area contributed by atoms with Crippen LogP contribution in [0.2, 0.25) is 0 Å². The first-order chi connectivity index (χ1) is 6.90. The number of carbonyl (C=O) groups excluding carboxylic acids is 1. The molecule has 1 rings (SSSR count). The summed E-state index contributed by atoms with van der Waals surface area (Å²) in [5, 5.41) is 0. The van der Waals surface area contributed by atoms with Crippen molar-refractivity contribution >= 4 is 15.6 Å². The number of nitrogens with two attached hydrogens (primary N) is 1. The number of ether oxygens (including phenoxy) is 1. The molecule has 1 heterocycles. The Morgan fingerprint density at radius 2 is 2.33 bits per heavy atom. The standard InChI is InChI=1S/C9H15NO4S/c1-15(12,13)6-4-7(10)9(11)8-3-2-5-14-8/h3,7H,2,4-6,10H2,1H3. The van der Waals surface area contributed by atoms with Gasteiger partial charge in [0.25, 0.3) is 0 Å². The molecule has 86 valence electrons. The number of ketones is 1. The highest BCUT2D eigenvalue weighted by Crippen LogP contribution is 2.12. The molecule has 0 spiro atoms. The summed E-state index contributed by atoms with van der Waals surface area (Å²) in [6.45, 7) is 0.500. The second kappa shape index (κ2) is 4.76. The van der Waals surface area contributed by atoms with Crippen LogP contribution >= 0.6 is 0 Å². The predicted molar refractivity (Wildman–Crippen MR) is 56.0 cm³/mol. The van der Waals surface area contributed by atoms with Gasteiger partial charge < -0.3 is 10.5 Å². The van der Waals surface area contributed by atoms with E-state index in [4.69, 9.17) is 10.5 Å². The van der Waals surface area contributed by atoms with Gasteiger partial charge in [0.2, 0.25) is 5.78 Å². The summed E-state index contributed by atoms with van der Waals surface area (Å²) in [4.78, 5) is 11.5. The first-order valence-corrected chi connectivity index (χ1v) is 6.76. The lowest BCUT2D eigenvalue weighted by molar-refractivity contribution is -0.119. The molecule has 0 aromatic heterocycles. The zero-order valence-electron chi connectivity index (χ0n) is 8.60. The molecular weight excluding hydrogens is 218 g/mol. The quantitative estimate of drug-likeness (QED) is 0.699.